The minimum atomic E-state index is 0.0892. The van der Waals surface area contributed by atoms with Gasteiger partial charge in [-0.15, -0.1) is 0 Å². The smallest absolute Gasteiger partial charge is 0.250 e. The Kier molecular flexibility index (Phi) is 4.56. The van der Waals surface area contributed by atoms with Crippen LogP contribution in [0.2, 0.25) is 0 Å². The van der Waals surface area contributed by atoms with E-state index >= 15 is 0 Å². The van der Waals surface area contributed by atoms with E-state index in [1.54, 1.807) is 6.07 Å². The quantitative estimate of drug-likeness (QED) is 0.796. The van der Waals surface area contributed by atoms with Gasteiger partial charge in [-0.1, -0.05) is 19.4 Å². The normalized spacial score (nSPS) is 12.7. The first-order chi connectivity index (χ1) is 7.19. The second-order valence-electron chi connectivity index (χ2n) is 3.89. The molecule has 0 spiro atoms. The average molecular weight is 208 g/mol. The van der Waals surface area contributed by atoms with E-state index in [0.717, 1.165) is 25.1 Å². The van der Waals surface area contributed by atoms with Gasteiger partial charge in [-0.3, -0.25) is 4.79 Å². The Bertz CT molecular complexity index is 357. The molecule has 15 heavy (non-hydrogen) atoms. The van der Waals surface area contributed by atoms with Gasteiger partial charge in [0.2, 0.25) is 0 Å². The summed E-state index contributed by atoms with van der Waals surface area (Å²) in [6.45, 7) is 4.89. The molecule has 0 aliphatic heterocycles. The van der Waals surface area contributed by atoms with Gasteiger partial charge in [0.15, 0.2) is 0 Å². The monoisotopic (exact) mass is 208 g/mol. The van der Waals surface area contributed by atoms with E-state index in [0.29, 0.717) is 6.04 Å². The molecule has 1 N–H and O–H groups in total. The third kappa shape index (κ3) is 3.20. The van der Waals surface area contributed by atoms with Gasteiger partial charge < -0.3 is 9.88 Å². The molecule has 0 aliphatic rings. The molecule has 0 saturated carbocycles. The fraction of sp³-hybridized carbons (Fsp3) is 0.583. The summed E-state index contributed by atoms with van der Waals surface area (Å²) in [6, 6.07) is 5.78. The summed E-state index contributed by atoms with van der Waals surface area (Å²) in [5, 5.41) is 3.25. The number of nitrogens with one attached hydrogen (secondary N) is 1. The highest BCUT2D eigenvalue weighted by Crippen LogP contribution is 2.01. The van der Waals surface area contributed by atoms with E-state index in [1.165, 1.54) is 0 Å². The molecule has 1 rings (SSSR count). The second kappa shape index (κ2) is 5.71. The molecule has 0 bridgehead atoms. The van der Waals surface area contributed by atoms with Gasteiger partial charge in [-0.2, -0.15) is 0 Å². The zero-order valence-electron chi connectivity index (χ0n) is 9.79. The number of likely N-dealkylation sites (N-methyl/N-ethyl adjacent to an activating group) is 1. The lowest BCUT2D eigenvalue weighted by Gasteiger charge is -2.18. The van der Waals surface area contributed by atoms with Gasteiger partial charge in [0.05, 0.1) is 0 Å². The first-order valence-electron chi connectivity index (χ1n) is 5.52. The Morgan fingerprint density at radius 2 is 2.20 bits per heavy atom. The maximum atomic E-state index is 11.6. The van der Waals surface area contributed by atoms with Crippen molar-refractivity contribution in [3.8, 4) is 0 Å². The predicted octanol–water partition coefficient (Wildman–Crippen LogP) is 1.54. The SMILES string of the molecule is CCCC(Cn1c(C)cccc1=O)NC. The number of nitrogens with zero attached hydrogens (tertiary/aromatic N) is 1. The Morgan fingerprint density at radius 1 is 1.47 bits per heavy atom. The zero-order valence-corrected chi connectivity index (χ0v) is 9.79. The van der Waals surface area contributed by atoms with Crippen molar-refractivity contribution in [2.75, 3.05) is 7.05 Å². The lowest BCUT2D eigenvalue weighted by Crippen LogP contribution is -2.35. The van der Waals surface area contributed by atoms with E-state index in [2.05, 4.69) is 12.2 Å². The molecular weight excluding hydrogens is 188 g/mol. The third-order valence-electron chi connectivity index (χ3n) is 2.72. The molecule has 1 aromatic heterocycles. The van der Waals surface area contributed by atoms with E-state index in [4.69, 9.17) is 0 Å². The van der Waals surface area contributed by atoms with Crippen LogP contribution in [0.5, 0.6) is 0 Å². The lowest BCUT2D eigenvalue weighted by molar-refractivity contribution is 0.438. The van der Waals surface area contributed by atoms with Crippen LogP contribution < -0.4 is 10.9 Å². The summed E-state index contributed by atoms with van der Waals surface area (Å²) in [5.41, 5.74) is 1.12. The molecule has 1 unspecified atom stereocenters. The lowest BCUT2D eigenvalue weighted by atomic mass is 10.1. The summed E-state index contributed by atoms with van der Waals surface area (Å²) in [4.78, 5) is 11.6. The van der Waals surface area contributed by atoms with E-state index < -0.39 is 0 Å². The molecular formula is C12H20N2O. The van der Waals surface area contributed by atoms with Crippen molar-refractivity contribution >= 4 is 0 Å². The first-order valence-corrected chi connectivity index (χ1v) is 5.52. The van der Waals surface area contributed by atoms with Crippen LogP contribution in [0.1, 0.15) is 25.5 Å². The molecule has 84 valence electrons. The van der Waals surface area contributed by atoms with Crippen molar-refractivity contribution in [1.29, 1.82) is 0 Å². The molecule has 0 aromatic carbocycles. The van der Waals surface area contributed by atoms with Gasteiger partial charge in [0.25, 0.3) is 5.56 Å². The number of aromatic nitrogens is 1. The molecule has 1 heterocycles. The van der Waals surface area contributed by atoms with E-state index in [-0.39, 0.29) is 5.56 Å². The Balaban J connectivity index is 2.83. The minimum absolute atomic E-state index is 0.0892. The molecule has 3 nitrogen and oxygen atoms in total. The van der Waals surface area contributed by atoms with Crippen LogP contribution in [0.4, 0.5) is 0 Å². The average Bonchev–Trinajstić information content (AvgIpc) is 2.22. The molecule has 0 radical (unpaired) electrons. The molecule has 0 aliphatic carbocycles. The van der Waals surface area contributed by atoms with Gasteiger partial charge in [0.1, 0.15) is 0 Å². The Hall–Kier alpha value is -1.09. The maximum Gasteiger partial charge on any atom is 0.250 e. The van der Waals surface area contributed by atoms with E-state index in [1.807, 2.05) is 30.7 Å². The highest BCUT2D eigenvalue weighted by Gasteiger charge is 2.07. The summed E-state index contributed by atoms with van der Waals surface area (Å²) in [5.74, 6) is 0. The van der Waals surface area contributed by atoms with Crippen LogP contribution in [-0.2, 0) is 6.54 Å². The fourth-order valence-electron chi connectivity index (χ4n) is 1.75. The number of rotatable bonds is 5. The van der Waals surface area contributed by atoms with Crippen molar-refractivity contribution in [2.24, 2.45) is 0 Å². The highest BCUT2D eigenvalue weighted by molar-refractivity contribution is 5.04. The van der Waals surface area contributed by atoms with Gasteiger partial charge in [-0.25, -0.2) is 0 Å². The molecule has 3 heteroatoms. The summed E-state index contributed by atoms with van der Waals surface area (Å²) >= 11 is 0. The topological polar surface area (TPSA) is 34.0 Å². The fourth-order valence-corrected chi connectivity index (χ4v) is 1.75. The molecule has 1 atom stereocenters. The standard InChI is InChI=1S/C12H20N2O/c1-4-6-11(13-3)9-14-10(2)7-5-8-12(14)15/h5,7-8,11,13H,4,6,9H2,1-3H3. The molecule has 0 fully saturated rings. The predicted molar refractivity (Wildman–Crippen MR) is 63.2 cm³/mol. The van der Waals surface area contributed by atoms with Gasteiger partial charge in [-0.05, 0) is 26.5 Å². The van der Waals surface area contributed by atoms with Crippen LogP contribution >= 0.6 is 0 Å². The van der Waals surface area contributed by atoms with Crippen molar-refractivity contribution in [3.05, 3.63) is 34.2 Å². The summed E-state index contributed by atoms with van der Waals surface area (Å²) in [7, 11) is 1.95. The van der Waals surface area contributed by atoms with Gasteiger partial charge >= 0.3 is 0 Å². The van der Waals surface area contributed by atoms with Crippen LogP contribution in [0.3, 0.4) is 0 Å². The second-order valence-corrected chi connectivity index (χ2v) is 3.89. The number of aryl methyl sites for hydroxylation is 1. The van der Waals surface area contributed by atoms with Crippen molar-refractivity contribution in [1.82, 2.24) is 9.88 Å². The summed E-state index contributed by atoms with van der Waals surface area (Å²) < 4.78 is 1.83. The first kappa shape index (κ1) is 12.0. The van der Waals surface area contributed by atoms with Crippen molar-refractivity contribution < 1.29 is 0 Å². The molecule has 1 aromatic rings. The molecule has 0 amide bonds. The zero-order chi connectivity index (χ0) is 11.3. The van der Waals surface area contributed by atoms with Crippen molar-refractivity contribution in [2.45, 2.75) is 39.3 Å². The number of hydrogen-bond donors (Lipinski definition) is 1. The van der Waals surface area contributed by atoms with Crippen LogP contribution in [-0.4, -0.2) is 17.7 Å². The summed E-state index contributed by atoms with van der Waals surface area (Å²) in [6.07, 6.45) is 2.23. The van der Waals surface area contributed by atoms with Crippen molar-refractivity contribution in [3.63, 3.8) is 0 Å². The number of pyridine rings is 1. The highest BCUT2D eigenvalue weighted by atomic mass is 16.1. The van der Waals surface area contributed by atoms with Crippen LogP contribution in [0.25, 0.3) is 0 Å². The molecule has 0 saturated heterocycles. The number of hydrogen-bond acceptors (Lipinski definition) is 2. The minimum Gasteiger partial charge on any atom is -0.315 e. The van der Waals surface area contributed by atoms with E-state index in [9.17, 15) is 4.79 Å². The Morgan fingerprint density at radius 3 is 2.73 bits per heavy atom. The van der Waals surface area contributed by atoms with Crippen LogP contribution in [0, 0.1) is 6.92 Å². The largest absolute Gasteiger partial charge is 0.315 e. The third-order valence-corrected chi connectivity index (χ3v) is 2.72. The maximum absolute atomic E-state index is 11.6. The van der Waals surface area contributed by atoms with Gasteiger partial charge in [0, 0.05) is 24.3 Å². The van der Waals surface area contributed by atoms with Crippen LogP contribution in [0.15, 0.2) is 23.0 Å². The Labute approximate surface area is 91.1 Å².